The monoisotopic (exact) mass is 402 g/mol. The summed E-state index contributed by atoms with van der Waals surface area (Å²) in [7, 11) is 0. The standard InChI is InChI=1S/C19H16ClFN4OS/c1-2-10-25-18(15-8-3-4-9-16(15)21)23-24-19(25)27-12-17(26)22-14-7-5-6-13(20)11-14/h2-9,11H,1,10,12H2,(H,22,26). The molecular weight excluding hydrogens is 387 g/mol. The van der Waals surface area contributed by atoms with Crippen molar-refractivity contribution in [2.75, 3.05) is 11.1 Å². The summed E-state index contributed by atoms with van der Waals surface area (Å²) in [6, 6.07) is 13.3. The van der Waals surface area contributed by atoms with E-state index >= 15 is 0 Å². The normalized spacial score (nSPS) is 10.6. The van der Waals surface area contributed by atoms with Gasteiger partial charge in [-0.1, -0.05) is 47.6 Å². The molecule has 3 rings (SSSR count). The lowest BCUT2D eigenvalue weighted by molar-refractivity contribution is -0.113. The Morgan fingerprint density at radius 3 is 2.81 bits per heavy atom. The summed E-state index contributed by atoms with van der Waals surface area (Å²) in [5.74, 6) is -0.0712. The van der Waals surface area contributed by atoms with E-state index in [1.165, 1.54) is 17.8 Å². The van der Waals surface area contributed by atoms with E-state index in [4.69, 9.17) is 11.6 Å². The fourth-order valence-electron chi connectivity index (χ4n) is 2.42. The first-order valence-electron chi connectivity index (χ1n) is 8.05. The number of anilines is 1. The van der Waals surface area contributed by atoms with Crippen LogP contribution in [0.15, 0.2) is 66.3 Å². The molecule has 5 nitrogen and oxygen atoms in total. The fourth-order valence-corrected chi connectivity index (χ4v) is 3.36. The number of hydrogen-bond donors (Lipinski definition) is 1. The van der Waals surface area contributed by atoms with Crippen LogP contribution >= 0.6 is 23.4 Å². The minimum absolute atomic E-state index is 0.124. The van der Waals surface area contributed by atoms with Gasteiger partial charge >= 0.3 is 0 Å². The van der Waals surface area contributed by atoms with Gasteiger partial charge < -0.3 is 5.32 Å². The van der Waals surface area contributed by atoms with E-state index in [-0.39, 0.29) is 17.5 Å². The first-order chi connectivity index (χ1) is 13.1. The average Bonchev–Trinajstić information content (AvgIpc) is 3.03. The van der Waals surface area contributed by atoms with E-state index in [1.807, 2.05) is 0 Å². The molecule has 1 heterocycles. The van der Waals surface area contributed by atoms with Gasteiger partial charge in [0, 0.05) is 17.3 Å². The van der Waals surface area contributed by atoms with Crippen molar-refractivity contribution in [3.05, 3.63) is 72.0 Å². The Bertz CT molecular complexity index is 976. The van der Waals surface area contributed by atoms with Gasteiger partial charge in [-0.05, 0) is 30.3 Å². The Labute approximate surface area is 165 Å². The summed E-state index contributed by atoms with van der Waals surface area (Å²) in [5, 5.41) is 12.0. The third-order valence-corrected chi connectivity index (χ3v) is 4.79. The third kappa shape index (κ3) is 4.75. The molecule has 3 aromatic rings. The van der Waals surface area contributed by atoms with E-state index in [2.05, 4.69) is 22.1 Å². The number of halogens is 2. The number of benzene rings is 2. The summed E-state index contributed by atoms with van der Waals surface area (Å²) in [5.41, 5.74) is 0.967. The number of thioether (sulfide) groups is 1. The van der Waals surface area contributed by atoms with Crippen molar-refractivity contribution in [3.8, 4) is 11.4 Å². The lowest BCUT2D eigenvalue weighted by Gasteiger charge is -2.09. The molecule has 0 spiro atoms. The van der Waals surface area contributed by atoms with Gasteiger partial charge in [-0.25, -0.2) is 4.39 Å². The molecule has 8 heteroatoms. The molecule has 0 aliphatic carbocycles. The zero-order valence-corrected chi connectivity index (χ0v) is 15.8. The zero-order chi connectivity index (χ0) is 19.2. The Morgan fingerprint density at radius 2 is 2.07 bits per heavy atom. The predicted molar refractivity (Wildman–Crippen MR) is 106 cm³/mol. The van der Waals surface area contributed by atoms with E-state index in [0.717, 1.165) is 0 Å². The SMILES string of the molecule is C=CCn1c(SCC(=O)Nc2cccc(Cl)c2)nnc1-c1ccccc1F. The highest BCUT2D eigenvalue weighted by Gasteiger charge is 2.17. The Hall–Kier alpha value is -2.64. The van der Waals surface area contributed by atoms with Crippen LogP contribution in [0.4, 0.5) is 10.1 Å². The molecule has 0 aliphatic heterocycles. The van der Waals surface area contributed by atoms with Crippen molar-refractivity contribution in [3.63, 3.8) is 0 Å². The van der Waals surface area contributed by atoms with Crippen LogP contribution in [0.2, 0.25) is 5.02 Å². The first-order valence-corrected chi connectivity index (χ1v) is 9.42. The molecule has 27 heavy (non-hydrogen) atoms. The maximum Gasteiger partial charge on any atom is 0.234 e. The van der Waals surface area contributed by atoms with Crippen LogP contribution in [0, 0.1) is 5.82 Å². The van der Waals surface area contributed by atoms with Gasteiger partial charge in [-0.3, -0.25) is 9.36 Å². The predicted octanol–water partition coefficient (Wildman–Crippen LogP) is 4.65. The first kappa shape index (κ1) is 19.1. The van der Waals surface area contributed by atoms with Crippen LogP contribution in [0.3, 0.4) is 0 Å². The van der Waals surface area contributed by atoms with Crippen LogP contribution in [0.5, 0.6) is 0 Å². The number of hydrogen-bond acceptors (Lipinski definition) is 4. The van der Waals surface area contributed by atoms with Crippen LogP contribution in [0.25, 0.3) is 11.4 Å². The van der Waals surface area contributed by atoms with Crippen molar-refractivity contribution >= 4 is 35.0 Å². The zero-order valence-electron chi connectivity index (χ0n) is 14.2. The van der Waals surface area contributed by atoms with Gasteiger partial charge in [-0.15, -0.1) is 16.8 Å². The van der Waals surface area contributed by atoms with E-state index in [0.29, 0.717) is 33.8 Å². The second-order valence-electron chi connectivity index (χ2n) is 5.53. The summed E-state index contributed by atoms with van der Waals surface area (Å²) in [4.78, 5) is 12.2. The molecule has 1 N–H and O–H groups in total. The average molecular weight is 403 g/mol. The summed E-state index contributed by atoms with van der Waals surface area (Å²) < 4.78 is 15.8. The van der Waals surface area contributed by atoms with Gasteiger partial charge in [0.25, 0.3) is 0 Å². The van der Waals surface area contributed by atoms with Crippen LogP contribution in [-0.2, 0) is 11.3 Å². The van der Waals surface area contributed by atoms with Gasteiger partial charge in [0.15, 0.2) is 11.0 Å². The van der Waals surface area contributed by atoms with Crippen molar-refractivity contribution in [2.45, 2.75) is 11.7 Å². The van der Waals surface area contributed by atoms with Gasteiger partial charge in [-0.2, -0.15) is 0 Å². The van der Waals surface area contributed by atoms with Crippen molar-refractivity contribution in [1.82, 2.24) is 14.8 Å². The fraction of sp³-hybridized carbons (Fsp3) is 0.105. The molecule has 0 saturated carbocycles. The number of amides is 1. The van der Waals surface area contributed by atoms with Crippen molar-refractivity contribution < 1.29 is 9.18 Å². The Balaban J connectivity index is 1.74. The number of nitrogens with zero attached hydrogens (tertiary/aromatic N) is 3. The molecule has 2 aromatic carbocycles. The van der Waals surface area contributed by atoms with Gasteiger partial charge in [0.1, 0.15) is 5.82 Å². The lowest BCUT2D eigenvalue weighted by atomic mass is 10.2. The highest BCUT2D eigenvalue weighted by molar-refractivity contribution is 7.99. The highest BCUT2D eigenvalue weighted by atomic mass is 35.5. The molecule has 138 valence electrons. The third-order valence-electron chi connectivity index (χ3n) is 3.58. The number of nitrogens with one attached hydrogen (secondary N) is 1. The van der Waals surface area contributed by atoms with Gasteiger partial charge in [0.05, 0.1) is 11.3 Å². The Morgan fingerprint density at radius 1 is 1.26 bits per heavy atom. The maximum atomic E-state index is 14.1. The number of allylic oxidation sites excluding steroid dienone is 1. The number of rotatable bonds is 7. The van der Waals surface area contributed by atoms with E-state index in [9.17, 15) is 9.18 Å². The molecule has 1 amide bonds. The summed E-state index contributed by atoms with van der Waals surface area (Å²) in [6.07, 6.45) is 1.67. The van der Waals surface area contributed by atoms with Gasteiger partial charge in [0.2, 0.25) is 5.91 Å². The molecular formula is C19H16ClFN4OS. The van der Waals surface area contributed by atoms with Crippen molar-refractivity contribution in [1.29, 1.82) is 0 Å². The molecule has 0 bridgehead atoms. The van der Waals surface area contributed by atoms with Crippen LogP contribution < -0.4 is 5.32 Å². The largest absolute Gasteiger partial charge is 0.325 e. The van der Waals surface area contributed by atoms with Crippen molar-refractivity contribution in [2.24, 2.45) is 0 Å². The molecule has 0 atom stereocenters. The minimum Gasteiger partial charge on any atom is -0.325 e. The smallest absolute Gasteiger partial charge is 0.234 e. The summed E-state index contributed by atoms with van der Waals surface area (Å²) >= 11 is 7.13. The quantitative estimate of drug-likeness (QED) is 0.461. The van der Waals surface area contributed by atoms with Crippen LogP contribution in [-0.4, -0.2) is 26.4 Å². The molecule has 0 radical (unpaired) electrons. The molecule has 0 unspecified atom stereocenters. The number of aromatic nitrogens is 3. The second-order valence-corrected chi connectivity index (χ2v) is 6.91. The number of carbonyl (C=O) groups is 1. The molecule has 0 saturated heterocycles. The van der Waals surface area contributed by atoms with E-state index in [1.54, 1.807) is 53.1 Å². The maximum absolute atomic E-state index is 14.1. The molecule has 0 fully saturated rings. The van der Waals surface area contributed by atoms with Crippen LogP contribution in [0.1, 0.15) is 0 Å². The number of carbonyl (C=O) groups excluding carboxylic acids is 1. The molecule has 1 aromatic heterocycles. The second kappa shape index (κ2) is 8.83. The molecule has 0 aliphatic rings. The Kier molecular flexibility index (Phi) is 6.26. The summed E-state index contributed by atoms with van der Waals surface area (Å²) in [6.45, 7) is 4.12. The topological polar surface area (TPSA) is 59.8 Å². The highest BCUT2D eigenvalue weighted by Crippen LogP contribution is 2.26. The minimum atomic E-state index is -0.384. The lowest BCUT2D eigenvalue weighted by Crippen LogP contribution is -2.14. The van der Waals surface area contributed by atoms with E-state index < -0.39 is 0 Å².